The summed E-state index contributed by atoms with van der Waals surface area (Å²) in [4.78, 5) is 23.3. The molecule has 0 N–H and O–H groups in total. The van der Waals surface area contributed by atoms with Gasteiger partial charge >= 0.3 is 11.9 Å². The van der Waals surface area contributed by atoms with E-state index in [0.29, 0.717) is 22.6 Å². The maximum atomic E-state index is 11.7. The van der Waals surface area contributed by atoms with Crippen molar-refractivity contribution in [1.29, 1.82) is 0 Å². The Balaban J connectivity index is 1.39. The molecule has 1 aromatic heterocycles. The number of furan rings is 1. The van der Waals surface area contributed by atoms with E-state index in [1.165, 1.54) is 0 Å². The number of benzene rings is 3. The molecule has 0 spiro atoms. The van der Waals surface area contributed by atoms with Crippen molar-refractivity contribution in [2.24, 2.45) is 0 Å². The lowest BCUT2D eigenvalue weighted by Crippen LogP contribution is -2.07. The van der Waals surface area contributed by atoms with E-state index in [4.69, 9.17) is 13.9 Å². The zero-order chi connectivity index (χ0) is 26.4. The van der Waals surface area contributed by atoms with Gasteiger partial charge in [0.1, 0.15) is 23.0 Å². The third kappa shape index (κ3) is 6.61. The fraction of sp³-hybridized carbons (Fsp3) is 0.0625. The van der Waals surface area contributed by atoms with Gasteiger partial charge in [0.05, 0.1) is 0 Å². The Kier molecular flexibility index (Phi) is 7.65. The maximum Gasteiger partial charge on any atom is 0.338 e. The van der Waals surface area contributed by atoms with Crippen LogP contribution in [0, 0.1) is 0 Å². The standard InChI is InChI=1S/C32H26O5/c1-21(2)31(33)36-28-15-6-23(7-16-28)5-14-27-19-20-30(35-27)26-10-8-24(9-11-26)25-12-17-29(18-13-25)37-32(34)22(3)4/h5-20H,1,3H2,2,4H3. The first-order valence-electron chi connectivity index (χ1n) is 11.6. The monoisotopic (exact) mass is 490 g/mol. The summed E-state index contributed by atoms with van der Waals surface area (Å²) in [6.07, 6.45) is 3.81. The number of rotatable bonds is 8. The number of hydrogen-bond acceptors (Lipinski definition) is 5. The highest BCUT2D eigenvalue weighted by Gasteiger charge is 2.08. The van der Waals surface area contributed by atoms with Crippen LogP contribution in [0.1, 0.15) is 25.2 Å². The minimum Gasteiger partial charge on any atom is -0.457 e. The Hall–Kier alpha value is -4.90. The van der Waals surface area contributed by atoms with Gasteiger partial charge in [0.15, 0.2) is 0 Å². The first kappa shape index (κ1) is 25.2. The van der Waals surface area contributed by atoms with Crippen LogP contribution < -0.4 is 9.47 Å². The fourth-order valence-electron chi connectivity index (χ4n) is 3.35. The van der Waals surface area contributed by atoms with Gasteiger partial charge < -0.3 is 13.9 Å². The molecule has 4 rings (SSSR count). The third-order valence-electron chi connectivity index (χ3n) is 5.42. The minimum absolute atomic E-state index is 0.352. The molecule has 5 heteroatoms. The van der Waals surface area contributed by atoms with Crippen LogP contribution in [0.3, 0.4) is 0 Å². The van der Waals surface area contributed by atoms with E-state index in [1.807, 2.05) is 72.8 Å². The Morgan fingerprint density at radius 2 is 1.08 bits per heavy atom. The van der Waals surface area contributed by atoms with E-state index in [-0.39, 0.29) is 0 Å². The number of hydrogen-bond donors (Lipinski definition) is 0. The van der Waals surface area contributed by atoms with Crippen LogP contribution in [0.15, 0.2) is 114 Å². The molecule has 0 saturated heterocycles. The van der Waals surface area contributed by atoms with Gasteiger partial charge in [-0.25, -0.2) is 9.59 Å². The van der Waals surface area contributed by atoms with Crippen molar-refractivity contribution in [3.05, 3.63) is 121 Å². The van der Waals surface area contributed by atoms with Crippen molar-refractivity contribution in [2.45, 2.75) is 13.8 Å². The number of esters is 2. The average molecular weight is 491 g/mol. The van der Waals surface area contributed by atoms with E-state index in [0.717, 1.165) is 33.8 Å². The van der Waals surface area contributed by atoms with E-state index in [2.05, 4.69) is 13.2 Å². The summed E-state index contributed by atoms with van der Waals surface area (Å²) in [5, 5.41) is 0. The van der Waals surface area contributed by atoms with Gasteiger partial charge in [-0.3, -0.25) is 0 Å². The molecule has 0 atom stereocenters. The first-order chi connectivity index (χ1) is 17.8. The lowest BCUT2D eigenvalue weighted by atomic mass is 10.0. The maximum absolute atomic E-state index is 11.7. The molecule has 0 unspecified atom stereocenters. The van der Waals surface area contributed by atoms with Crippen molar-refractivity contribution in [1.82, 2.24) is 0 Å². The highest BCUT2D eigenvalue weighted by Crippen LogP contribution is 2.28. The van der Waals surface area contributed by atoms with Gasteiger partial charge in [0.25, 0.3) is 0 Å². The quantitative estimate of drug-likeness (QED) is 0.144. The van der Waals surface area contributed by atoms with Crippen LogP contribution in [0.4, 0.5) is 0 Å². The Morgan fingerprint density at radius 1 is 0.622 bits per heavy atom. The lowest BCUT2D eigenvalue weighted by molar-refractivity contribution is -0.130. The molecule has 3 aromatic carbocycles. The Bertz CT molecular complexity index is 1470. The van der Waals surface area contributed by atoms with E-state index in [9.17, 15) is 9.59 Å². The van der Waals surface area contributed by atoms with Gasteiger partial charge in [-0.2, -0.15) is 0 Å². The van der Waals surface area contributed by atoms with Gasteiger partial charge in [-0.05, 0) is 73.0 Å². The molecule has 0 radical (unpaired) electrons. The Labute approximate surface area is 216 Å². The van der Waals surface area contributed by atoms with E-state index >= 15 is 0 Å². The smallest absolute Gasteiger partial charge is 0.338 e. The van der Waals surface area contributed by atoms with Crippen LogP contribution in [0.2, 0.25) is 0 Å². The topological polar surface area (TPSA) is 65.7 Å². The van der Waals surface area contributed by atoms with Gasteiger partial charge in [-0.1, -0.05) is 67.8 Å². The summed E-state index contributed by atoms with van der Waals surface area (Å²) < 4.78 is 16.4. The second-order valence-electron chi connectivity index (χ2n) is 8.55. The molecule has 0 fully saturated rings. The predicted molar refractivity (Wildman–Crippen MR) is 146 cm³/mol. The number of carbonyl (C=O) groups is 2. The molecule has 0 saturated carbocycles. The summed E-state index contributed by atoms with van der Waals surface area (Å²) in [5.41, 5.74) is 4.64. The largest absolute Gasteiger partial charge is 0.457 e. The van der Waals surface area contributed by atoms with E-state index in [1.54, 1.807) is 38.1 Å². The summed E-state index contributed by atoms with van der Waals surface area (Å²) in [6, 6.07) is 26.4. The molecule has 0 bridgehead atoms. The van der Waals surface area contributed by atoms with Gasteiger partial charge in [-0.15, -0.1) is 0 Å². The molecule has 184 valence electrons. The molecular formula is C32H26O5. The molecule has 0 amide bonds. The van der Waals surface area contributed by atoms with Gasteiger partial charge in [0.2, 0.25) is 0 Å². The van der Waals surface area contributed by atoms with Crippen molar-refractivity contribution in [3.63, 3.8) is 0 Å². The van der Waals surface area contributed by atoms with Crippen LogP contribution in [-0.4, -0.2) is 11.9 Å². The molecule has 5 nitrogen and oxygen atoms in total. The van der Waals surface area contributed by atoms with Crippen LogP contribution >= 0.6 is 0 Å². The highest BCUT2D eigenvalue weighted by molar-refractivity contribution is 5.89. The Morgan fingerprint density at radius 3 is 1.59 bits per heavy atom. The van der Waals surface area contributed by atoms with Crippen molar-refractivity contribution >= 4 is 24.1 Å². The molecular weight excluding hydrogens is 464 g/mol. The molecule has 1 heterocycles. The normalized spacial score (nSPS) is 10.8. The SMILES string of the molecule is C=C(C)C(=O)Oc1ccc(C=Cc2ccc(-c3ccc(-c4ccc(OC(=O)C(=C)C)cc4)cc3)o2)cc1. The number of ether oxygens (including phenoxy) is 2. The highest BCUT2D eigenvalue weighted by atomic mass is 16.5. The van der Waals surface area contributed by atoms with E-state index < -0.39 is 11.9 Å². The first-order valence-corrected chi connectivity index (χ1v) is 11.6. The molecule has 37 heavy (non-hydrogen) atoms. The third-order valence-corrected chi connectivity index (χ3v) is 5.42. The lowest BCUT2D eigenvalue weighted by Gasteiger charge is -2.06. The second-order valence-corrected chi connectivity index (χ2v) is 8.55. The minimum atomic E-state index is -0.445. The summed E-state index contributed by atoms with van der Waals surface area (Å²) >= 11 is 0. The van der Waals surface area contributed by atoms with Crippen molar-refractivity contribution in [3.8, 4) is 33.9 Å². The average Bonchev–Trinajstić information content (AvgIpc) is 3.38. The second kappa shape index (κ2) is 11.2. The predicted octanol–water partition coefficient (Wildman–Crippen LogP) is 7.75. The van der Waals surface area contributed by atoms with Crippen LogP contribution in [0.5, 0.6) is 11.5 Å². The van der Waals surface area contributed by atoms with Crippen molar-refractivity contribution < 1.29 is 23.5 Å². The summed E-state index contributed by atoms with van der Waals surface area (Å²) in [7, 11) is 0. The molecule has 0 aliphatic carbocycles. The summed E-state index contributed by atoms with van der Waals surface area (Å²) in [5.74, 6) is 1.54. The zero-order valence-corrected chi connectivity index (χ0v) is 20.7. The van der Waals surface area contributed by atoms with Crippen molar-refractivity contribution in [2.75, 3.05) is 0 Å². The molecule has 4 aromatic rings. The van der Waals surface area contributed by atoms with Gasteiger partial charge in [0, 0.05) is 16.7 Å². The fourth-order valence-corrected chi connectivity index (χ4v) is 3.35. The van der Waals surface area contributed by atoms with Crippen LogP contribution in [0.25, 0.3) is 34.6 Å². The zero-order valence-electron chi connectivity index (χ0n) is 20.7. The van der Waals surface area contributed by atoms with Crippen LogP contribution in [-0.2, 0) is 9.59 Å². The molecule has 0 aliphatic rings. The molecule has 0 aliphatic heterocycles. The number of carbonyl (C=O) groups excluding carboxylic acids is 2. The summed E-state index contributed by atoms with van der Waals surface area (Å²) in [6.45, 7) is 10.4.